The second-order valence-corrected chi connectivity index (χ2v) is 7.76. The molecular weight excluding hydrogens is 354 g/mol. The van der Waals surface area contributed by atoms with E-state index in [1.54, 1.807) is 6.07 Å². The van der Waals surface area contributed by atoms with Gasteiger partial charge in [-0.2, -0.15) is 5.10 Å². The zero-order valence-corrected chi connectivity index (χ0v) is 16.2. The number of carbonyl (C=O) groups excluding carboxylic acids is 1. The Kier molecular flexibility index (Phi) is 5.54. The first-order valence-corrected chi connectivity index (χ1v) is 9.97. The molecule has 0 radical (unpaired) electrons. The van der Waals surface area contributed by atoms with Gasteiger partial charge in [0.1, 0.15) is 6.54 Å². The van der Waals surface area contributed by atoms with Gasteiger partial charge in [0.15, 0.2) is 0 Å². The van der Waals surface area contributed by atoms with E-state index in [4.69, 9.17) is 0 Å². The SMILES string of the molecule is Cc1ccc(=O)n(CC(=O)N2CCC(C3NNCC3c3ccccc3)CC2)n1. The fourth-order valence-corrected chi connectivity index (χ4v) is 4.39. The molecule has 7 heteroatoms. The topological polar surface area (TPSA) is 79.3 Å². The Labute approximate surface area is 164 Å². The zero-order valence-electron chi connectivity index (χ0n) is 16.2. The molecule has 2 aliphatic rings. The van der Waals surface area contributed by atoms with E-state index < -0.39 is 0 Å². The van der Waals surface area contributed by atoms with Crippen molar-refractivity contribution >= 4 is 5.91 Å². The average Bonchev–Trinajstić information content (AvgIpc) is 3.21. The summed E-state index contributed by atoms with van der Waals surface area (Å²) < 4.78 is 1.26. The molecule has 0 bridgehead atoms. The summed E-state index contributed by atoms with van der Waals surface area (Å²) in [5, 5.41) is 4.17. The summed E-state index contributed by atoms with van der Waals surface area (Å²) in [4.78, 5) is 26.4. The smallest absolute Gasteiger partial charge is 0.267 e. The standard InChI is InChI=1S/C21H27N5O2/c1-15-7-8-19(27)26(24-15)14-20(28)25-11-9-17(10-12-25)21-18(13-22-23-21)16-5-3-2-4-6-16/h2-8,17-18,21-23H,9-14H2,1H3. The van der Waals surface area contributed by atoms with Crippen LogP contribution in [0.15, 0.2) is 47.3 Å². The van der Waals surface area contributed by atoms with Crippen molar-refractivity contribution in [1.29, 1.82) is 0 Å². The molecular formula is C21H27N5O2. The van der Waals surface area contributed by atoms with Gasteiger partial charge in [-0.3, -0.25) is 20.4 Å². The molecule has 2 aromatic rings. The summed E-state index contributed by atoms with van der Waals surface area (Å²) in [5.74, 6) is 0.934. The van der Waals surface area contributed by atoms with E-state index in [9.17, 15) is 9.59 Å². The van der Waals surface area contributed by atoms with Crippen LogP contribution in [-0.4, -0.2) is 46.3 Å². The van der Waals surface area contributed by atoms with Crippen LogP contribution < -0.4 is 16.4 Å². The highest BCUT2D eigenvalue weighted by molar-refractivity contribution is 5.76. The third kappa shape index (κ3) is 4.00. The molecule has 148 valence electrons. The number of likely N-dealkylation sites (tertiary alicyclic amines) is 1. The van der Waals surface area contributed by atoms with Gasteiger partial charge in [0.2, 0.25) is 5.91 Å². The fourth-order valence-electron chi connectivity index (χ4n) is 4.39. The summed E-state index contributed by atoms with van der Waals surface area (Å²) in [7, 11) is 0. The molecule has 4 rings (SSSR count). The molecule has 2 atom stereocenters. The number of hydrazine groups is 1. The summed E-state index contributed by atoms with van der Waals surface area (Å²) >= 11 is 0. The molecule has 2 unspecified atom stereocenters. The van der Waals surface area contributed by atoms with Crippen LogP contribution in [0.4, 0.5) is 0 Å². The molecule has 3 heterocycles. The van der Waals surface area contributed by atoms with Gasteiger partial charge < -0.3 is 4.90 Å². The van der Waals surface area contributed by atoms with Crippen molar-refractivity contribution in [3.63, 3.8) is 0 Å². The van der Waals surface area contributed by atoms with E-state index in [1.165, 1.54) is 16.3 Å². The Morgan fingerprint density at radius 1 is 1.14 bits per heavy atom. The Morgan fingerprint density at radius 3 is 2.64 bits per heavy atom. The van der Waals surface area contributed by atoms with Crippen LogP contribution in [0.2, 0.25) is 0 Å². The molecule has 0 aliphatic carbocycles. The number of benzene rings is 1. The highest BCUT2D eigenvalue weighted by atomic mass is 16.2. The van der Waals surface area contributed by atoms with Crippen LogP contribution in [-0.2, 0) is 11.3 Å². The van der Waals surface area contributed by atoms with Crippen molar-refractivity contribution in [1.82, 2.24) is 25.5 Å². The number of piperidine rings is 1. The van der Waals surface area contributed by atoms with E-state index in [2.05, 4.69) is 40.2 Å². The number of amides is 1. The number of carbonyl (C=O) groups is 1. The first-order chi connectivity index (χ1) is 13.6. The third-order valence-corrected chi connectivity index (χ3v) is 5.94. The van der Waals surface area contributed by atoms with Gasteiger partial charge in [-0.25, -0.2) is 4.68 Å². The predicted molar refractivity (Wildman–Crippen MR) is 107 cm³/mol. The Balaban J connectivity index is 1.36. The lowest BCUT2D eigenvalue weighted by molar-refractivity contribution is -0.133. The van der Waals surface area contributed by atoms with Gasteiger partial charge >= 0.3 is 0 Å². The molecule has 0 spiro atoms. The van der Waals surface area contributed by atoms with E-state index in [1.807, 2.05) is 17.9 Å². The van der Waals surface area contributed by atoms with Crippen LogP contribution in [0.25, 0.3) is 0 Å². The van der Waals surface area contributed by atoms with Crippen LogP contribution in [0, 0.1) is 12.8 Å². The van der Waals surface area contributed by atoms with E-state index in [-0.39, 0.29) is 18.0 Å². The Bertz CT molecular complexity index is 874. The van der Waals surface area contributed by atoms with Crippen LogP contribution in [0.5, 0.6) is 0 Å². The zero-order chi connectivity index (χ0) is 19.5. The number of nitrogens with zero attached hydrogens (tertiary/aromatic N) is 3. The molecule has 1 aromatic heterocycles. The number of hydrogen-bond acceptors (Lipinski definition) is 5. The molecule has 0 saturated carbocycles. The summed E-state index contributed by atoms with van der Waals surface area (Å²) in [6.45, 7) is 4.21. The number of aryl methyl sites for hydroxylation is 1. The maximum atomic E-state index is 12.6. The van der Waals surface area contributed by atoms with E-state index in [0.717, 1.165) is 38.2 Å². The average molecular weight is 381 g/mol. The van der Waals surface area contributed by atoms with Crippen molar-refractivity contribution in [3.8, 4) is 0 Å². The maximum absolute atomic E-state index is 12.6. The van der Waals surface area contributed by atoms with Gasteiger partial charge in [-0.1, -0.05) is 30.3 Å². The molecule has 2 fully saturated rings. The fraction of sp³-hybridized carbons (Fsp3) is 0.476. The number of aromatic nitrogens is 2. The predicted octanol–water partition coefficient (Wildman–Crippen LogP) is 1.05. The van der Waals surface area contributed by atoms with Crippen molar-refractivity contribution in [3.05, 3.63) is 64.1 Å². The van der Waals surface area contributed by atoms with Crippen molar-refractivity contribution in [2.24, 2.45) is 5.92 Å². The van der Waals surface area contributed by atoms with Gasteiger partial charge in [0.25, 0.3) is 5.56 Å². The lowest BCUT2D eigenvalue weighted by Gasteiger charge is -2.36. The summed E-state index contributed by atoms with van der Waals surface area (Å²) in [5.41, 5.74) is 8.64. The van der Waals surface area contributed by atoms with Crippen molar-refractivity contribution in [2.45, 2.75) is 38.3 Å². The maximum Gasteiger partial charge on any atom is 0.267 e. The first kappa shape index (κ1) is 18.8. The molecule has 28 heavy (non-hydrogen) atoms. The first-order valence-electron chi connectivity index (χ1n) is 9.97. The minimum atomic E-state index is -0.235. The summed E-state index contributed by atoms with van der Waals surface area (Å²) in [6, 6.07) is 14.1. The third-order valence-electron chi connectivity index (χ3n) is 5.94. The minimum absolute atomic E-state index is 0.0149. The molecule has 2 aliphatic heterocycles. The molecule has 2 saturated heterocycles. The van der Waals surface area contributed by atoms with Crippen molar-refractivity contribution in [2.75, 3.05) is 19.6 Å². The monoisotopic (exact) mass is 381 g/mol. The van der Waals surface area contributed by atoms with Crippen LogP contribution in [0.3, 0.4) is 0 Å². The van der Waals surface area contributed by atoms with Crippen LogP contribution in [0.1, 0.15) is 30.0 Å². The van der Waals surface area contributed by atoms with Gasteiger partial charge in [-0.15, -0.1) is 0 Å². The Morgan fingerprint density at radius 2 is 1.89 bits per heavy atom. The molecule has 1 aromatic carbocycles. The highest BCUT2D eigenvalue weighted by Gasteiger charge is 2.36. The lowest BCUT2D eigenvalue weighted by Crippen LogP contribution is -2.47. The summed E-state index contributed by atoms with van der Waals surface area (Å²) in [6.07, 6.45) is 1.93. The van der Waals surface area contributed by atoms with Crippen molar-refractivity contribution < 1.29 is 4.79 Å². The van der Waals surface area contributed by atoms with Gasteiger partial charge in [0.05, 0.1) is 5.69 Å². The van der Waals surface area contributed by atoms with Crippen LogP contribution >= 0.6 is 0 Å². The lowest BCUT2D eigenvalue weighted by atomic mass is 9.80. The highest BCUT2D eigenvalue weighted by Crippen LogP contribution is 2.32. The quantitative estimate of drug-likeness (QED) is 0.828. The normalized spacial score (nSPS) is 23.1. The molecule has 2 N–H and O–H groups in total. The number of hydrogen-bond donors (Lipinski definition) is 2. The van der Waals surface area contributed by atoms with Gasteiger partial charge in [0, 0.05) is 37.7 Å². The number of nitrogens with one attached hydrogen (secondary N) is 2. The van der Waals surface area contributed by atoms with E-state index >= 15 is 0 Å². The minimum Gasteiger partial charge on any atom is -0.341 e. The molecule has 7 nitrogen and oxygen atoms in total. The van der Waals surface area contributed by atoms with Gasteiger partial charge in [-0.05, 0) is 37.3 Å². The Hall–Kier alpha value is -2.51. The molecule has 1 amide bonds. The van der Waals surface area contributed by atoms with E-state index in [0.29, 0.717) is 17.9 Å². The second kappa shape index (κ2) is 8.24. The number of rotatable bonds is 4. The second-order valence-electron chi connectivity index (χ2n) is 7.76. The largest absolute Gasteiger partial charge is 0.341 e.